The van der Waals surface area contributed by atoms with Crippen molar-refractivity contribution in [3.8, 4) is 0 Å². The Hall–Kier alpha value is -0.0400. The molecule has 1 rings (SSSR count). The van der Waals surface area contributed by atoms with Crippen LogP contribution in [0.3, 0.4) is 0 Å². The van der Waals surface area contributed by atoms with E-state index in [-0.39, 0.29) is 6.10 Å². The van der Waals surface area contributed by atoms with E-state index in [2.05, 4.69) is 20.8 Å². The van der Waals surface area contributed by atoms with Crippen molar-refractivity contribution in [1.29, 1.82) is 0 Å². The van der Waals surface area contributed by atoms with E-state index in [1.807, 2.05) is 0 Å². The minimum absolute atomic E-state index is 0.00593. The van der Waals surface area contributed by atoms with Gasteiger partial charge < -0.3 is 5.11 Å². The zero-order valence-corrected chi connectivity index (χ0v) is 7.93. The van der Waals surface area contributed by atoms with Crippen LogP contribution in [0, 0.1) is 11.3 Å². The van der Waals surface area contributed by atoms with Gasteiger partial charge in [-0.2, -0.15) is 0 Å². The van der Waals surface area contributed by atoms with Gasteiger partial charge in [-0.25, -0.2) is 0 Å². The second-order valence-electron chi connectivity index (χ2n) is 4.87. The van der Waals surface area contributed by atoms with Crippen molar-refractivity contribution in [2.75, 3.05) is 0 Å². The number of hydrogen-bond acceptors (Lipinski definition) is 1. The smallest absolute Gasteiger partial charge is 0.0540 e. The molecule has 1 saturated carbocycles. The van der Waals surface area contributed by atoms with E-state index in [0.717, 1.165) is 18.8 Å². The Morgan fingerprint density at radius 3 is 1.82 bits per heavy atom. The molecule has 1 fully saturated rings. The molecule has 0 aromatic carbocycles. The first-order valence-corrected chi connectivity index (χ1v) is 4.68. The van der Waals surface area contributed by atoms with E-state index >= 15 is 0 Å². The third kappa shape index (κ3) is 2.48. The molecule has 0 aromatic heterocycles. The average Bonchev–Trinajstić information content (AvgIpc) is 1.86. The van der Waals surface area contributed by atoms with Gasteiger partial charge in [0.2, 0.25) is 0 Å². The number of aliphatic hydroxyl groups is 1. The van der Waals surface area contributed by atoms with Gasteiger partial charge in [0, 0.05) is 0 Å². The lowest BCUT2D eigenvalue weighted by Crippen LogP contribution is -2.27. The zero-order chi connectivity index (χ0) is 8.48. The summed E-state index contributed by atoms with van der Waals surface area (Å²) in [7, 11) is 0. The van der Waals surface area contributed by atoms with Crippen LogP contribution in [0.2, 0.25) is 0 Å². The molecule has 0 heterocycles. The normalized spacial score (nSPS) is 33.8. The lowest BCUT2D eigenvalue weighted by molar-refractivity contribution is 0.0725. The SMILES string of the molecule is CC(C)(C)[C@H]1CC[C@H](O)CC1. The number of rotatable bonds is 0. The van der Waals surface area contributed by atoms with Gasteiger partial charge in [0.05, 0.1) is 6.10 Å². The fraction of sp³-hybridized carbons (Fsp3) is 1.00. The molecule has 0 atom stereocenters. The topological polar surface area (TPSA) is 20.2 Å². The summed E-state index contributed by atoms with van der Waals surface area (Å²) in [6, 6.07) is 0. The second kappa shape index (κ2) is 3.14. The van der Waals surface area contributed by atoms with Crippen LogP contribution in [0.5, 0.6) is 0 Å². The second-order valence-corrected chi connectivity index (χ2v) is 4.87. The van der Waals surface area contributed by atoms with Crippen molar-refractivity contribution in [3.05, 3.63) is 0 Å². The molecule has 1 aliphatic carbocycles. The van der Waals surface area contributed by atoms with Crippen molar-refractivity contribution >= 4 is 0 Å². The van der Waals surface area contributed by atoms with Crippen LogP contribution in [-0.2, 0) is 0 Å². The van der Waals surface area contributed by atoms with Crippen molar-refractivity contribution in [2.24, 2.45) is 11.3 Å². The minimum atomic E-state index is -0.00593. The zero-order valence-electron chi connectivity index (χ0n) is 7.93. The van der Waals surface area contributed by atoms with Crippen LogP contribution >= 0.6 is 0 Å². The molecule has 1 N–H and O–H groups in total. The molecule has 66 valence electrons. The molecule has 0 bridgehead atoms. The Balaban J connectivity index is 2.39. The lowest BCUT2D eigenvalue weighted by Gasteiger charge is -2.35. The Labute approximate surface area is 69.8 Å². The highest BCUT2D eigenvalue weighted by atomic mass is 16.3. The maximum absolute atomic E-state index is 9.29. The molecule has 0 aromatic rings. The molecule has 0 spiro atoms. The predicted molar refractivity (Wildman–Crippen MR) is 47.4 cm³/mol. The molecule has 0 aliphatic heterocycles. The van der Waals surface area contributed by atoms with Gasteiger partial charge in [0.25, 0.3) is 0 Å². The van der Waals surface area contributed by atoms with Crippen LogP contribution in [0.25, 0.3) is 0 Å². The van der Waals surface area contributed by atoms with Gasteiger partial charge >= 0.3 is 0 Å². The van der Waals surface area contributed by atoms with Gasteiger partial charge in [-0.1, -0.05) is 20.8 Å². The lowest BCUT2D eigenvalue weighted by atomic mass is 9.72. The fourth-order valence-electron chi connectivity index (χ4n) is 1.94. The Kier molecular flexibility index (Phi) is 2.58. The summed E-state index contributed by atoms with van der Waals surface area (Å²) in [5.74, 6) is 0.825. The van der Waals surface area contributed by atoms with Gasteiger partial charge in [-0.05, 0) is 37.0 Å². The van der Waals surface area contributed by atoms with Crippen molar-refractivity contribution in [3.63, 3.8) is 0 Å². The van der Waals surface area contributed by atoms with Crippen LogP contribution < -0.4 is 0 Å². The highest BCUT2D eigenvalue weighted by Gasteiger charge is 2.28. The molecule has 0 amide bonds. The number of hydrogen-bond donors (Lipinski definition) is 1. The molecule has 11 heavy (non-hydrogen) atoms. The molecule has 1 nitrogen and oxygen atoms in total. The van der Waals surface area contributed by atoms with Gasteiger partial charge in [0.1, 0.15) is 0 Å². The summed E-state index contributed by atoms with van der Waals surface area (Å²) >= 11 is 0. The molecule has 0 unspecified atom stereocenters. The molecular formula is C10H20O. The fourth-order valence-corrected chi connectivity index (χ4v) is 1.94. The van der Waals surface area contributed by atoms with Gasteiger partial charge in [-0.15, -0.1) is 0 Å². The Morgan fingerprint density at radius 1 is 1.00 bits per heavy atom. The molecule has 0 radical (unpaired) electrons. The number of aliphatic hydroxyl groups excluding tert-OH is 1. The Bertz CT molecular complexity index is 115. The van der Waals surface area contributed by atoms with Gasteiger partial charge in [0.15, 0.2) is 0 Å². The molecule has 1 heteroatoms. The average molecular weight is 156 g/mol. The van der Waals surface area contributed by atoms with Crippen LogP contribution in [0.15, 0.2) is 0 Å². The van der Waals surface area contributed by atoms with E-state index in [0.29, 0.717) is 5.41 Å². The quantitative estimate of drug-likeness (QED) is 0.571. The highest BCUT2D eigenvalue weighted by molar-refractivity contribution is 4.79. The van der Waals surface area contributed by atoms with E-state index in [1.165, 1.54) is 12.8 Å². The van der Waals surface area contributed by atoms with Crippen molar-refractivity contribution < 1.29 is 5.11 Å². The van der Waals surface area contributed by atoms with E-state index in [9.17, 15) is 5.11 Å². The summed E-state index contributed by atoms with van der Waals surface area (Å²) in [6.07, 6.45) is 4.45. The monoisotopic (exact) mass is 156 g/mol. The third-order valence-electron chi connectivity index (χ3n) is 2.92. The predicted octanol–water partition coefficient (Wildman–Crippen LogP) is 2.58. The standard InChI is InChI=1S/C10H20O/c1-10(2,3)8-4-6-9(11)7-5-8/h8-9,11H,4-7H2,1-3H3/t8-,9-. The van der Waals surface area contributed by atoms with Crippen LogP contribution in [0.1, 0.15) is 46.5 Å². The summed E-state index contributed by atoms with van der Waals surface area (Å²) in [4.78, 5) is 0. The van der Waals surface area contributed by atoms with Crippen molar-refractivity contribution in [2.45, 2.75) is 52.6 Å². The molecular weight excluding hydrogens is 136 g/mol. The van der Waals surface area contributed by atoms with Crippen LogP contribution in [-0.4, -0.2) is 11.2 Å². The Morgan fingerprint density at radius 2 is 1.45 bits per heavy atom. The van der Waals surface area contributed by atoms with Crippen LogP contribution in [0.4, 0.5) is 0 Å². The van der Waals surface area contributed by atoms with Crippen molar-refractivity contribution in [1.82, 2.24) is 0 Å². The van der Waals surface area contributed by atoms with E-state index < -0.39 is 0 Å². The first-order valence-electron chi connectivity index (χ1n) is 4.68. The van der Waals surface area contributed by atoms with E-state index in [1.54, 1.807) is 0 Å². The summed E-state index contributed by atoms with van der Waals surface area (Å²) in [5.41, 5.74) is 0.445. The highest BCUT2D eigenvalue weighted by Crippen LogP contribution is 2.37. The summed E-state index contributed by atoms with van der Waals surface area (Å²) in [6.45, 7) is 6.90. The minimum Gasteiger partial charge on any atom is -0.393 e. The summed E-state index contributed by atoms with van der Waals surface area (Å²) in [5, 5.41) is 9.29. The first kappa shape index (κ1) is 9.05. The first-order chi connectivity index (χ1) is 5.00. The van der Waals surface area contributed by atoms with E-state index in [4.69, 9.17) is 0 Å². The summed E-state index contributed by atoms with van der Waals surface area (Å²) < 4.78 is 0. The molecule has 1 aliphatic rings. The maximum atomic E-state index is 9.29. The third-order valence-corrected chi connectivity index (χ3v) is 2.92. The largest absolute Gasteiger partial charge is 0.393 e. The van der Waals surface area contributed by atoms with Gasteiger partial charge in [-0.3, -0.25) is 0 Å². The molecule has 0 saturated heterocycles. The maximum Gasteiger partial charge on any atom is 0.0540 e.